The lowest BCUT2D eigenvalue weighted by molar-refractivity contribution is 0.263. The van der Waals surface area contributed by atoms with E-state index in [4.69, 9.17) is 4.74 Å². The first-order valence-corrected chi connectivity index (χ1v) is 8.48. The summed E-state index contributed by atoms with van der Waals surface area (Å²) >= 11 is 3.32. The molecule has 0 aliphatic heterocycles. The van der Waals surface area contributed by atoms with Crippen LogP contribution < -0.4 is 4.74 Å². The summed E-state index contributed by atoms with van der Waals surface area (Å²) in [5.41, 5.74) is 0. The molecule has 4 nitrogen and oxygen atoms in total. The molecule has 6 heteroatoms. The number of ether oxygens (including phenoxy) is 1. The van der Waals surface area contributed by atoms with Crippen LogP contribution in [0.4, 0.5) is 0 Å². The molecule has 1 aromatic carbocycles. The molecule has 0 aromatic heterocycles. The van der Waals surface area contributed by atoms with Crippen molar-refractivity contribution in [1.29, 1.82) is 0 Å². The van der Waals surface area contributed by atoms with E-state index in [2.05, 4.69) is 15.9 Å². The van der Waals surface area contributed by atoms with Gasteiger partial charge in [-0.3, -0.25) is 0 Å². The molecular formula is C13H18BrNO3S. The van der Waals surface area contributed by atoms with E-state index in [1.807, 2.05) is 0 Å². The Morgan fingerprint density at radius 3 is 2.58 bits per heavy atom. The first-order valence-electron chi connectivity index (χ1n) is 6.25. The van der Waals surface area contributed by atoms with Crippen molar-refractivity contribution >= 4 is 26.0 Å². The minimum absolute atomic E-state index is 0.294. The van der Waals surface area contributed by atoms with Gasteiger partial charge in [0.25, 0.3) is 0 Å². The molecular weight excluding hydrogens is 330 g/mol. The number of hydrogen-bond acceptors (Lipinski definition) is 3. The van der Waals surface area contributed by atoms with Gasteiger partial charge < -0.3 is 4.74 Å². The maximum Gasteiger partial charge on any atom is 0.242 e. The van der Waals surface area contributed by atoms with Gasteiger partial charge in [-0.25, -0.2) is 12.7 Å². The van der Waals surface area contributed by atoms with Crippen molar-refractivity contribution in [2.45, 2.75) is 24.2 Å². The third kappa shape index (κ3) is 3.12. The van der Waals surface area contributed by atoms with Crippen LogP contribution in [0, 0.1) is 5.92 Å². The van der Waals surface area contributed by atoms with E-state index in [0.717, 1.165) is 12.8 Å². The Bertz CT molecular complexity index is 555. The van der Waals surface area contributed by atoms with E-state index >= 15 is 0 Å². The van der Waals surface area contributed by atoms with Gasteiger partial charge in [0.1, 0.15) is 5.75 Å². The van der Waals surface area contributed by atoms with Crippen molar-refractivity contribution in [2.75, 3.05) is 20.7 Å². The van der Waals surface area contributed by atoms with Crippen LogP contribution in [-0.2, 0) is 10.0 Å². The molecule has 1 aliphatic rings. The summed E-state index contributed by atoms with van der Waals surface area (Å²) in [6.45, 7) is 0.603. The fourth-order valence-corrected chi connectivity index (χ4v) is 4.09. The number of halogens is 1. The lowest BCUT2D eigenvalue weighted by Crippen LogP contribution is -2.34. The lowest BCUT2D eigenvalue weighted by atomic mass is 9.86. The monoisotopic (exact) mass is 347 g/mol. The van der Waals surface area contributed by atoms with E-state index in [1.54, 1.807) is 32.4 Å². The Kier molecular flexibility index (Phi) is 4.53. The zero-order valence-corrected chi connectivity index (χ0v) is 13.5. The van der Waals surface area contributed by atoms with Crippen LogP contribution in [0.2, 0.25) is 0 Å². The van der Waals surface area contributed by atoms with Gasteiger partial charge >= 0.3 is 0 Å². The topological polar surface area (TPSA) is 46.6 Å². The van der Waals surface area contributed by atoms with Gasteiger partial charge in [0.05, 0.1) is 16.5 Å². The zero-order valence-electron chi connectivity index (χ0n) is 11.1. The molecule has 0 heterocycles. The smallest absolute Gasteiger partial charge is 0.242 e. The number of nitrogens with zero attached hydrogens (tertiary/aromatic N) is 1. The van der Waals surface area contributed by atoms with Crippen molar-refractivity contribution in [2.24, 2.45) is 5.92 Å². The highest BCUT2D eigenvalue weighted by atomic mass is 79.9. The first-order chi connectivity index (χ1) is 8.95. The van der Waals surface area contributed by atoms with E-state index in [0.29, 0.717) is 27.6 Å². The number of methoxy groups -OCH3 is 1. The second-order valence-electron chi connectivity index (χ2n) is 4.88. The highest BCUT2D eigenvalue weighted by Gasteiger charge is 2.27. The second kappa shape index (κ2) is 5.81. The molecule has 0 saturated heterocycles. The molecule has 0 atom stereocenters. The summed E-state index contributed by atoms with van der Waals surface area (Å²) in [6.07, 6.45) is 3.48. The van der Waals surface area contributed by atoms with Crippen LogP contribution in [0.1, 0.15) is 19.3 Å². The predicted octanol–water partition coefficient (Wildman–Crippen LogP) is 2.88. The van der Waals surface area contributed by atoms with Gasteiger partial charge in [0, 0.05) is 13.6 Å². The number of sulfonamides is 1. The summed E-state index contributed by atoms with van der Waals surface area (Å²) < 4.78 is 32.1. The number of benzene rings is 1. The Hall–Kier alpha value is -0.590. The van der Waals surface area contributed by atoms with Crippen LogP contribution >= 0.6 is 15.9 Å². The largest absolute Gasteiger partial charge is 0.496 e. The molecule has 2 rings (SSSR count). The number of rotatable bonds is 5. The Morgan fingerprint density at radius 2 is 2.11 bits per heavy atom. The van der Waals surface area contributed by atoms with Crippen molar-refractivity contribution in [1.82, 2.24) is 4.31 Å². The third-order valence-electron chi connectivity index (χ3n) is 3.57. The standard InChI is InChI=1S/C13H18BrNO3S/c1-15(9-10-4-3-5-10)19(16,17)11-6-7-13(18-2)12(14)8-11/h6-8,10H,3-5,9H2,1-2H3. The molecule has 0 N–H and O–H groups in total. The number of hydrogen-bond donors (Lipinski definition) is 0. The molecule has 0 bridgehead atoms. The first kappa shape index (κ1) is 14.8. The Morgan fingerprint density at radius 1 is 1.42 bits per heavy atom. The van der Waals surface area contributed by atoms with E-state index in [1.165, 1.54) is 10.7 Å². The molecule has 0 spiro atoms. The van der Waals surface area contributed by atoms with Gasteiger partial charge in [-0.2, -0.15) is 0 Å². The minimum atomic E-state index is -3.41. The normalized spacial score (nSPS) is 16.4. The molecule has 1 fully saturated rings. The molecule has 0 unspecified atom stereocenters. The highest BCUT2D eigenvalue weighted by Crippen LogP contribution is 2.31. The summed E-state index contributed by atoms with van der Waals surface area (Å²) in [7, 11) is -0.213. The SMILES string of the molecule is COc1ccc(S(=O)(=O)N(C)CC2CCC2)cc1Br. The Labute approximate surface area is 122 Å². The van der Waals surface area contributed by atoms with Gasteiger partial charge in [0.2, 0.25) is 10.0 Å². The van der Waals surface area contributed by atoms with Gasteiger partial charge in [0.15, 0.2) is 0 Å². The van der Waals surface area contributed by atoms with Gasteiger partial charge in [-0.15, -0.1) is 0 Å². The second-order valence-corrected chi connectivity index (χ2v) is 7.78. The molecule has 0 radical (unpaired) electrons. The van der Waals surface area contributed by atoms with E-state index in [-0.39, 0.29) is 0 Å². The Balaban J connectivity index is 2.20. The summed E-state index contributed by atoms with van der Waals surface area (Å²) in [5, 5.41) is 0. The average Bonchev–Trinajstić information content (AvgIpc) is 2.33. The predicted molar refractivity (Wildman–Crippen MR) is 77.9 cm³/mol. The van der Waals surface area contributed by atoms with Crippen LogP contribution in [0.25, 0.3) is 0 Å². The molecule has 1 aliphatic carbocycles. The average molecular weight is 348 g/mol. The summed E-state index contributed by atoms with van der Waals surface area (Å²) in [4.78, 5) is 0.294. The van der Waals surface area contributed by atoms with Gasteiger partial charge in [-0.1, -0.05) is 6.42 Å². The summed E-state index contributed by atoms with van der Waals surface area (Å²) in [5.74, 6) is 1.14. The van der Waals surface area contributed by atoms with E-state index in [9.17, 15) is 8.42 Å². The van der Waals surface area contributed by atoms with Crippen molar-refractivity contribution in [3.05, 3.63) is 22.7 Å². The van der Waals surface area contributed by atoms with Crippen LogP contribution in [-0.4, -0.2) is 33.4 Å². The molecule has 1 aromatic rings. The molecule has 19 heavy (non-hydrogen) atoms. The van der Waals surface area contributed by atoms with Crippen LogP contribution in [0.15, 0.2) is 27.6 Å². The zero-order chi connectivity index (χ0) is 14.0. The van der Waals surface area contributed by atoms with Crippen LogP contribution in [0.3, 0.4) is 0 Å². The van der Waals surface area contributed by atoms with Crippen molar-refractivity contribution in [3.63, 3.8) is 0 Å². The van der Waals surface area contributed by atoms with Crippen molar-refractivity contribution in [3.8, 4) is 5.75 Å². The third-order valence-corrected chi connectivity index (χ3v) is 6.01. The summed E-state index contributed by atoms with van der Waals surface area (Å²) in [6, 6.07) is 4.83. The van der Waals surface area contributed by atoms with Crippen molar-refractivity contribution < 1.29 is 13.2 Å². The maximum absolute atomic E-state index is 12.4. The molecule has 0 amide bonds. The molecule has 106 valence electrons. The molecule has 1 saturated carbocycles. The van der Waals surface area contributed by atoms with E-state index < -0.39 is 10.0 Å². The fourth-order valence-electron chi connectivity index (χ4n) is 2.12. The fraction of sp³-hybridized carbons (Fsp3) is 0.538. The quantitative estimate of drug-likeness (QED) is 0.822. The highest BCUT2D eigenvalue weighted by molar-refractivity contribution is 9.10. The minimum Gasteiger partial charge on any atom is -0.496 e. The maximum atomic E-state index is 12.4. The van der Waals surface area contributed by atoms with Gasteiger partial charge in [-0.05, 0) is 52.9 Å². The van der Waals surface area contributed by atoms with Crippen LogP contribution in [0.5, 0.6) is 5.75 Å². The lowest BCUT2D eigenvalue weighted by Gasteiger charge is -2.29.